The number of nitriles is 1. The Kier molecular flexibility index (Phi) is 3.43. The Morgan fingerprint density at radius 1 is 1.05 bits per heavy atom. The zero-order valence-corrected chi connectivity index (χ0v) is 11.4. The first kappa shape index (κ1) is 13.0. The van der Waals surface area contributed by atoms with Crippen LogP contribution >= 0.6 is 0 Å². The molecule has 2 aromatic carbocycles. The summed E-state index contributed by atoms with van der Waals surface area (Å²) in [5.41, 5.74) is 12.5. The molecule has 0 aliphatic rings. The van der Waals surface area contributed by atoms with E-state index >= 15 is 0 Å². The van der Waals surface area contributed by atoms with Crippen molar-refractivity contribution in [3.63, 3.8) is 0 Å². The van der Waals surface area contributed by atoms with Crippen molar-refractivity contribution in [3.05, 3.63) is 52.6 Å². The van der Waals surface area contributed by atoms with Gasteiger partial charge in [-0.2, -0.15) is 5.26 Å². The van der Waals surface area contributed by atoms with E-state index in [4.69, 9.17) is 11.0 Å². The Labute approximate surface area is 113 Å². The predicted molar refractivity (Wildman–Crippen MR) is 79.5 cm³/mol. The third kappa shape index (κ3) is 2.69. The fourth-order valence-electron chi connectivity index (χ4n) is 2.14. The summed E-state index contributed by atoms with van der Waals surface area (Å²) in [4.78, 5) is 0. The molecule has 0 radical (unpaired) electrons. The topological polar surface area (TPSA) is 61.8 Å². The minimum atomic E-state index is 0.678. The first-order valence-corrected chi connectivity index (χ1v) is 6.16. The van der Waals surface area contributed by atoms with Gasteiger partial charge in [-0.25, -0.2) is 0 Å². The summed E-state index contributed by atoms with van der Waals surface area (Å²) in [5.74, 6) is 0. The molecule has 19 heavy (non-hydrogen) atoms. The van der Waals surface area contributed by atoms with Gasteiger partial charge >= 0.3 is 0 Å². The van der Waals surface area contributed by atoms with Gasteiger partial charge in [0.15, 0.2) is 0 Å². The minimum absolute atomic E-state index is 0.678. The second-order valence-electron chi connectivity index (χ2n) is 4.81. The number of anilines is 3. The fraction of sp³-hybridized carbons (Fsp3) is 0.188. The van der Waals surface area contributed by atoms with E-state index in [0.29, 0.717) is 11.3 Å². The maximum atomic E-state index is 8.96. The van der Waals surface area contributed by atoms with Crippen LogP contribution in [-0.2, 0) is 0 Å². The van der Waals surface area contributed by atoms with E-state index in [1.165, 1.54) is 0 Å². The standard InChI is InChI=1S/C16H17N3/c1-10-4-5-14(18)15(6-10)19-16-11(2)7-13(9-17)8-12(16)3/h4-8,19H,18H2,1-3H3. The Balaban J connectivity index is 2.44. The van der Waals surface area contributed by atoms with Crippen LogP contribution in [0.5, 0.6) is 0 Å². The highest BCUT2D eigenvalue weighted by Gasteiger charge is 2.07. The third-order valence-electron chi connectivity index (χ3n) is 3.13. The van der Waals surface area contributed by atoms with E-state index in [0.717, 1.165) is 28.1 Å². The van der Waals surface area contributed by atoms with Crippen LogP contribution in [0.15, 0.2) is 30.3 Å². The normalized spacial score (nSPS) is 10.0. The molecule has 0 unspecified atom stereocenters. The van der Waals surface area contributed by atoms with Crippen molar-refractivity contribution in [1.82, 2.24) is 0 Å². The predicted octanol–water partition coefficient (Wildman–Crippen LogP) is 3.81. The van der Waals surface area contributed by atoms with Gasteiger partial charge in [0.05, 0.1) is 23.0 Å². The van der Waals surface area contributed by atoms with Gasteiger partial charge in [0.25, 0.3) is 0 Å². The van der Waals surface area contributed by atoms with E-state index in [1.54, 1.807) is 0 Å². The summed E-state index contributed by atoms with van der Waals surface area (Å²) in [6, 6.07) is 11.8. The number of hydrogen-bond donors (Lipinski definition) is 2. The summed E-state index contributed by atoms with van der Waals surface area (Å²) < 4.78 is 0. The van der Waals surface area contributed by atoms with Crippen LogP contribution in [-0.4, -0.2) is 0 Å². The number of nitrogen functional groups attached to an aromatic ring is 1. The maximum Gasteiger partial charge on any atom is 0.0991 e. The average Bonchev–Trinajstić information content (AvgIpc) is 2.37. The molecular formula is C16H17N3. The van der Waals surface area contributed by atoms with Crippen LogP contribution < -0.4 is 11.1 Å². The first-order chi connectivity index (χ1) is 9.01. The number of rotatable bonds is 2. The SMILES string of the molecule is Cc1ccc(N)c(Nc2c(C)cc(C#N)cc2C)c1. The summed E-state index contributed by atoms with van der Waals surface area (Å²) >= 11 is 0. The van der Waals surface area contributed by atoms with Gasteiger partial charge in [0, 0.05) is 5.69 Å². The molecule has 0 fully saturated rings. The molecule has 0 bridgehead atoms. The molecule has 0 aliphatic heterocycles. The highest BCUT2D eigenvalue weighted by atomic mass is 14.9. The van der Waals surface area contributed by atoms with Crippen LogP contribution in [0.1, 0.15) is 22.3 Å². The van der Waals surface area contributed by atoms with Crippen LogP contribution in [0.4, 0.5) is 17.1 Å². The molecule has 0 atom stereocenters. The lowest BCUT2D eigenvalue weighted by atomic mass is 10.0. The van der Waals surface area contributed by atoms with E-state index in [-0.39, 0.29) is 0 Å². The summed E-state index contributed by atoms with van der Waals surface area (Å²) in [6.07, 6.45) is 0. The Bertz CT molecular complexity index is 643. The Hall–Kier alpha value is -2.47. The van der Waals surface area contributed by atoms with Crippen molar-refractivity contribution >= 4 is 17.1 Å². The molecule has 0 heterocycles. The van der Waals surface area contributed by atoms with E-state index in [1.807, 2.05) is 51.1 Å². The van der Waals surface area contributed by atoms with Gasteiger partial charge in [-0.05, 0) is 61.7 Å². The third-order valence-corrected chi connectivity index (χ3v) is 3.13. The average molecular weight is 251 g/mol. The lowest BCUT2D eigenvalue weighted by Crippen LogP contribution is -2.00. The molecule has 0 aromatic heterocycles. The lowest BCUT2D eigenvalue weighted by molar-refractivity contribution is 1.33. The van der Waals surface area contributed by atoms with E-state index in [9.17, 15) is 0 Å². The van der Waals surface area contributed by atoms with Crippen molar-refractivity contribution in [3.8, 4) is 6.07 Å². The molecule has 96 valence electrons. The van der Waals surface area contributed by atoms with Gasteiger partial charge in [0.1, 0.15) is 0 Å². The molecule has 2 rings (SSSR count). The van der Waals surface area contributed by atoms with Crippen molar-refractivity contribution in [1.29, 1.82) is 5.26 Å². The zero-order chi connectivity index (χ0) is 14.0. The smallest absolute Gasteiger partial charge is 0.0991 e. The molecule has 0 spiro atoms. The van der Waals surface area contributed by atoms with Crippen molar-refractivity contribution < 1.29 is 0 Å². The zero-order valence-electron chi connectivity index (χ0n) is 11.4. The van der Waals surface area contributed by atoms with Gasteiger partial charge in [0.2, 0.25) is 0 Å². The quantitative estimate of drug-likeness (QED) is 0.798. The molecule has 0 saturated carbocycles. The van der Waals surface area contributed by atoms with Gasteiger partial charge < -0.3 is 11.1 Å². The number of nitrogens with two attached hydrogens (primary N) is 1. The molecule has 0 amide bonds. The Morgan fingerprint density at radius 3 is 2.26 bits per heavy atom. The highest BCUT2D eigenvalue weighted by molar-refractivity contribution is 5.76. The number of benzene rings is 2. The summed E-state index contributed by atoms with van der Waals surface area (Å²) in [5, 5.41) is 12.3. The minimum Gasteiger partial charge on any atom is -0.397 e. The monoisotopic (exact) mass is 251 g/mol. The van der Waals surface area contributed by atoms with Crippen molar-refractivity contribution in [2.45, 2.75) is 20.8 Å². The number of aryl methyl sites for hydroxylation is 3. The number of hydrogen-bond acceptors (Lipinski definition) is 3. The van der Waals surface area contributed by atoms with Gasteiger partial charge in [-0.1, -0.05) is 6.07 Å². The highest BCUT2D eigenvalue weighted by Crippen LogP contribution is 2.29. The second kappa shape index (κ2) is 5.03. The molecule has 3 N–H and O–H groups in total. The van der Waals surface area contributed by atoms with Crippen molar-refractivity contribution in [2.75, 3.05) is 11.1 Å². The van der Waals surface area contributed by atoms with Gasteiger partial charge in [-0.15, -0.1) is 0 Å². The molecular weight excluding hydrogens is 234 g/mol. The van der Waals surface area contributed by atoms with Crippen LogP contribution in [0.3, 0.4) is 0 Å². The van der Waals surface area contributed by atoms with Crippen molar-refractivity contribution in [2.24, 2.45) is 0 Å². The van der Waals surface area contributed by atoms with Crippen LogP contribution in [0.2, 0.25) is 0 Å². The number of nitrogens with zero attached hydrogens (tertiary/aromatic N) is 1. The Morgan fingerprint density at radius 2 is 1.68 bits per heavy atom. The largest absolute Gasteiger partial charge is 0.397 e. The molecule has 0 aliphatic carbocycles. The molecule has 3 heteroatoms. The maximum absolute atomic E-state index is 8.96. The van der Waals surface area contributed by atoms with Crippen LogP contribution in [0.25, 0.3) is 0 Å². The van der Waals surface area contributed by atoms with Gasteiger partial charge in [-0.3, -0.25) is 0 Å². The number of nitrogens with one attached hydrogen (secondary N) is 1. The first-order valence-electron chi connectivity index (χ1n) is 6.16. The summed E-state index contributed by atoms with van der Waals surface area (Å²) in [6.45, 7) is 6.01. The van der Waals surface area contributed by atoms with E-state index in [2.05, 4.69) is 11.4 Å². The summed E-state index contributed by atoms with van der Waals surface area (Å²) in [7, 11) is 0. The fourth-order valence-corrected chi connectivity index (χ4v) is 2.14. The molecule has 2 aromatic rings. The lowest BCUT2D eigenvalue weighted by Gasteiger charge is -2.15. The second-order valence-corrected chi connectivity index (χ2v) is 4.81. The van der Waals surface area contributed by atoms with E-state index < -0.39 is 0 Å². The molecule has 3 nitrogen and oxygen atoms in total. The molecule has 0 saturated heterocycles. The van der Waals surface area contributed by atoms with Crippen LogP contribution in [0, 0.1) is 32.1 Å².